The Morgan fingerprint density at radius 2 is 2.07 bits per heavy atom. The largest absolute Gasteiger partial charge is 0.334 e. The Kier molecular flexibility index (Phi) is 5.97. The predicted molar refractivity (Wildman–Crippen MR) is 111 cm³/mol. The van der Waals surface area contributed by atoms with Gasteiger partial charge >= 0.3 is 6.03 Å². The molecule has 1 aromatic carbocycles. The van der Waals surface area contributed by atoms with Crippen molar-refractivity contribution in [1.82, 2.24) is 15.3 Å². The molecule has 0 bridgehead atoms. The molecule has 0 aliphatic carbocycles. The molecule has 2 amide bonds. The van der Waals surface area contributed by atoms with E-state index in [0.29, 0.717) is 22.9 Å². The molecule has 28 heavy (non-hydrogen) atoms. The fourth-order valence-electron chi connectivity index (χ4n) is 2.47. The van der Waals surface area contributed by atoms with Gasteiger partial charge in [0.15, 0.2) is 15.0 Å². The summed E-state index contributed by atoms with van der Waals surface area (Å²) in [5.41, 5.74) is 2.22. The van der Waals surface area contributed by atoms with Gasteiger partial charge in [0.25, 0.3) is 0 Å². The number of rotatable bonds is 5. The Morgan fingerprint density at radius 1 is 1.29 bits per heavy atom. The molecule has 2 aromatic heterocycles. The highest BCUT2D eigenvalue weighted by molar-refractivity contribution is 7.90. The number of nitrogens with zero attached hydrogens (tertiary/aromatic N) is 2. The van der Waals surface area contributed by atoms with Crippen LogP contribution in [0.4, 0.5) is 9.93 Å². The van der Waals surface area contributed by atoms with E-state index in [1.54, 1.807) is 37.5 Å². The summed E-state index contributed by atoms with van der Waals surface area (Å²) in [6.07, 6.45) is 4.44. The van der Waals surface area contributed by atoms with Crippen molar-refractivity contribution in [2.75, 3.05) is 11.6 Å². The first kappa shape index (κ1) is 20.2. The van der Waals surface area contributed by atoms with E-state index in [-0.39, 0.29) is 9.92 Å². The number of urea groups is 1. The maximum absolute atomic E-state index is 12.1. The summed E-state index contributed by atoms with van der Waals surface area (Å²) in [7, 11) is -3.46. The van der Waals surface area contributed by atoms with E-state index < -0.39 is 15.9 Å². The van der Waals surface area contributed by atoms with Gasteiger partial charge in [-0.3, -0.25) is 10.3 Å². The summed E-state index contributed by atoms with van der Waals surface area (Å²) < 4.78 is 23.8. The van der Waals surface area contributed by atoms with Gasteiger partial charge in [0.05, 0.1) is 20.5 Å². The number of carbonyl (C=O) groups is 1. The number of hydrogen-bond donors (Lipinski definition) is 2. The quantitative estimate of drug-likeness (QED) is 0.631. The third kappa shape index (κ3) is 4.86. The van der Waals surface area contributed by atoms with Gasteiger partial charge in [0.1, 0.15) is 0 Å². The molecule has 0 aliphatic heterocycles. The molecule has 0 unspecified atom stereocenters. The van der Waals surface area contributed by atoms with E-state index in [2.05, 4.69) is 20.6 Å². The van der Waals surface area contributed by atoms with Crippen molar-refractivity contribution >= 4 is 43.9 Å². The topological polar surface area (TPSA) is 101 Å². The fourth-order valence-corrected chi connectivity index (χ4v) is 4.73. The number of benzene rings is 1. The first-order valence-corrected chi connectivity index (χ1v) is 11.2. The van der Waals surface area contributed by atoms with Gasteiger partial charge in [-0.05, 0) is 36.2 Å². The van der Waals surface area contributed by atoms with E-state index >= 15 is 0 Å². The molecule has 3 rings (SSSR count). The summed E-state index contributed by atoms with van der Waals surface area (Å²) in [6.45, 7) is 2.13. The summed E-state index contributed by atoms with van der Waals surface area (Å²) in [5.74, 6) is 0. The van der Waals surface area contributed by atoms with Crippen molar-refractivity contribution in [3.8, 4) is 10.4 Å². The number of halogens is 1. The molecule has 7 nitrogen and oxygen atoms in total. The van der Waals surface area contributed by atoms with Crippen LogP contribution >= 0.6 is 22.9 Å². The van der Waals surface area contributed by atoms with Crippen molar-refractivity contribution in [2.45, 2.75) is 18.4 Å². The number of sulfone groups is 1. The molecule has 0 saturated carbocycles. The van der Waals surface area contributed by atoms with Crippen molar-refractivity contribution in [2.24, 2.45) is 0 Å². The first-order chi connectivity index (χ1) is 13.2. The lowest BCUT2D eigenvalue weighted by atomic mass is 10.2. The first-order valence-electron chi connectivity index (χ1n) is 8.15. The molecule has 0 saturated heterocycles. The van der Waals surface area contributed by atoms with Gasteiger partial charge in [0.2, 0.25) is 0 Å². The number of amides is 2. The average molecular weight is 437 g/mol. The van der Waals surface area contributed by atoms with Crippen LogP contribution in [0.1, 0.15) is 11.3 Å². The summed E-state index contributed by atoms with van der Waals surface area (Å²) in [5, 5.41) is 6.00. The molecule has 2 N–H and O–H groups in total. The Hall–Kier alpha value is -2.49. The lowest BCUT2D eigenvalue weighted by Crippen LogP contribution is -2.28. The summed E-state index contributed by atoms with van der Waals surface area (Å²) in [6, 6.07) is 8.05. The van der Waals surface area contributed by atoms with Crippen LogP contribution in [0.3, 0.4) is 0 Å². The Balaban J connectivity index is 1.75. The number of aromatic nitrogens is 2. The van der Waals surface area contributed by atoms with Crippen molar-refractivity contribution < 1.29 is 13.2 Å². The Morgan fingerprint density at radius 3 is 2.75 bits per heavy atom. The fraction of sp³-hybridized carbons (Fsp3) is 0.167. The second kappa shape index (κ2) is 8.26. The van der Waals surface area contributed by atoms with Gasteiger partial charge in [-0.2, -0.15) is 0 Å². The number of aryl methyl sites for hydroxylation is 1. The third-order valence-electron chi connectivity index (χ3n) is 3.79. The number of hydrogen-bond acceptors (Lipinski definition) is 6. The van der Waals surface area contributed by atoms with Gasteiger partial charge in [-0.1, -0.05) is 35.1 Å². The zero-order valence-electron chi connectivity index (χ0n) is 15.1. The van der Waals surface area contributed by atoms with Gasteiger partial charge in [0, 0.05) is 25.2 Å². The highest BCUT2D eigenvalue weighted by atomic mass is 35.5. The van der Waals surface area contributed by atoms with Crippen LogP contribution in [0, 0.1) is 6.92 Å². The van der Waals surface area contributed by atoms with E-state index in [4.69, 9.17) is 11.6 Å². The maximum atomic E-state index is 12.1. The SMILES string of the molecule is Cc1nc(NC(=O)NCc2cccnc2)sc1-c1ccc(Cl)c(S(C)(=O)=O)c1. The summed E-state index contributed by atoms with van der Waals surface area (Å²) in [4.78, 5) is 21.3. The van der Waals surface area contributed by atoms with Crippen molar-refractivity contribution in [3.63, 3.8) is 0 Å². The lowest BCUT2D eigenvalue weighted by Gasteiger charge is -2.05. The number of thiazole rings is 1. The smallest absolute Gasteiger partial charge is 0.321 e. The molecular weight excluding hydrogens is 420 g/mol. The zero-order valence-corrected chi connectivity index (χ0v) is 17.5. The second-order valence-corrected chi connectivity index (χ2v) is 9.41. The maximum Gasteiger partial charge on any atom is 0.321 e. The number of nitrogens with one attached hydrogen (secondary N) is 2. The Labute approximate surface area is 171 Å². The van der Waals surface area contributed by atoms with E-state index in [1.165, 1.54) is 17.4 Å². The zero-order chi connectivity index (χ0) is 20.3. The second-order valence-electron chi connectivity index (χ2n) is 6.02. The molecule has 2 heterocycles. The van der Waals surface area contributed by atoms with Gasteiger partial charge in [-0.25, -0.2) is 18.2 Å². The molecule has 0 aliphatic rings. The highest BCUT2D eigenvalue weighted by Gasteiger charge is 2.17. The van der Waals surface area contributed by atoms with Crippen LogP contribution < -0.4 is 10.6 Å². The number of pyridine rings is 1. The number of anilines is 1. The highest BCUT2D eigenvalue weighted by Crippen LogP contribution is 2.35. The van der Waals surface area contributed by atoms with Crippen LogP contribution in [0.15, 0.2) is 47.6 Å². The third-order valence-corrected chi connectivity index (χ3v) is 6.49. The Bertz CT molecular complexity index is 1120. The molecule has 0 spiro atoms. The minimum absolute atomic E-state index is 0.0585. The van der Waals surface area contributed by atoms with Crippen molar-refractivity contribution in [1.29, 1.82) is 0 Å². The van der Waals surface area contributed by atoms with Crippen LogP contribution in [0.25, 0.3) is 10.4 Å². The van der Waals surface area contributed by atoms with Crippen LogP contribution in [0.5, 0.6) is 0 Å². The van der Waals surface area contributed by atoms with Crippen LogP contribution in [0.2, 0.25) is 5.02 Å². The van der Waals surface area contributed by atoms with Crippen molar-refractivity contribution in [3.05, 3.63) is 59.0 Å². The van der Waals surface area contributed by atoms with E-state index in [9.17, 15) is 13.2 Å². The minimum atomic E-state index is -3.46. The van der Waals surface area contributed by atoms with E-state index in [0.717, 1.165) is 16.7 Å². The predicted octanol–water partition coefficient (Wildman–Crippen LogP) is 3.89. The van der Waals surface area contributed by atoms with Crippen LogP contribution in [-0.2, 0) is 16.4 Å². The molecule has 10 heteroatoms. The summed E-state index contributed by atoms with van der Waals surface area (Å²) >= 11 is 7.26. The molecule has 0 radical (unpaired) electrons. The standard InChI is InChI=1S/C18H17ClN4O3S2/c1-11-16(13-5-6-14(19)15(8-13)28(2,25)26)27-18(22-11)23-17(24)21-10-12-4-3-7-20-9-12/h3-9H,10H2,1-2H3,(H2,21,22,23,24). The molecule has 146 valence electrons. The van der Waals surface area contributed by atoms with E-state index in [1.807, 2.05) is 6.07 Å². The lowest BCUT2D eigenvalue weighted by molar-refractivity contribution is 0.251. The monoisotopic (exact) mass is 436 g/mol. The van der Waals surface area contributed by atoms with Gasteiger partial charge in [-0.15, -0.1) is 0 Å². The van der Waals surface area contributed by atoms with Gasteiger partial charge < -0.3 is 5.32 Å². The van der Waals surface area contributed by atoms with Crippen LogP contribution in [-0.4, -0.2) is 30.7 Å². The average Bonchev–Trinajstić information content (AvgIpc) is 3.00. The number of carbonyl (C=O) groups excluding carboxylic acids is 1. The molecule has 0 atom stereocenters. The molecule has 3 aromatic rings. The minimum Gasteiger partial charge on any atom is -0.334 e. The normalized spacial score (nSPS) is 11.2. The molecule has 0 fully saturated rings. The molecular formula is C18H17ClN4O3S2.